The highest BCUT2D eigenvalue weighted by Crippen LogP contribution is 2.28. The van der Waals surface area contributed by atoms with Crippen LogP contribution < -0.4 is 0 Å². The van der Waals surface area contributed by atoms with Crippen LogP contribution >= 0.6 is 11.3 Å². The quantitative estimate of drug-likeness (QED) is 0.804. The van der Waals surface area contributed by atoms with Crippen LogP contribution in [0.15, 0.2) is 16.8 Å². The van der Waals surface area contributed by atoms with Crippen LogP contribution in [0.2, 0.25) is 0 Å². The molecule has 3 saturated heterocycles. The monoisotopic (exact) mass is 224 g/mol. The molecule has 2 atom stereocenters. The lowest BCUT2D eigenvalue weighted by Gasteiger charge is -2.49. The van der Waals surface area contributed by atoms with E-state index < -0.39 is 0 Å². The van der Waals surface area contributed by atoms with Gasteiger partial charge in [0.1, 0.15) is 0 Å². The normalized spacial score (nSPS) is 36.7. The minimum Gasteiger partial charge on any atom is -0.387 e. The van der Waals surface area contributed by atoms with Crippen molar-refractivity contribution in [2.24, 2.45) is 0 Å². The Labute approximate surface area is 93.9 Å². The third-order valence-electron chi connectivity index (χ3n) is 3.57. The molecule has 4 rings (SSSR count). The number of aliphatic hydroxyl groups excluding tert-OH is 1. The highest BCUT2D eigenvalue weighted by molar-refractivity contribution is 7.07. The Kier molecular flexibility index (Phi) is 2.52. The van der Waals surface area contributed by atoms with Gasteiger partial charge in [-0.15, -0.1) is 0 Å². The van der Waals surface area contributed by atoms with Crippen molar-refractivity contribution in [3.8, 4) is 0 Å². The Hall–Kier alpha value is -0.420. The maximum Gasteiger partial charge on any atom is 0.0965 e. The first-order valence-electron chi connectivity index (χ1n) is 5.51. The molecule has 3 fully saturated rings. The molecule has 3 nitrogen and oxygen atoms in total. The molecule has 2 unspecified atom stereocenters. The smallest absolute Gasteiger partial charge is 0.0965 e. The topological polar surface area (TPSA) is 26.7 Å². The number of nitrogens with zero attached hydrogens (tertiary/aromatic N) is 2. The fraction of sp³-hybridized carbons (Fsp3) is 0.636. The molecule has 0 saturated carbocycles. The second kappa shape index (κ2) is 3.87. The van der Waals surface area contributed by atoms with Crippen molar-refractivity contribution in [2.45, 2.75) is 12.1 Å². The largest absolute Gasteiger partial charge is 0.387 e. The van der Waals surface area contributed by atoms with Crippen molar-refractivity contribution >= 4 is 11.3 Å². The Morgan fingerprint density at radius 3 is 2.67 bits per heavy atom. The van der Waals surface area contributed by atoms with Crippen molar-refractivity contribution in [1.29, 1.82) is 0 Å². The lowest BCUT2D eigenvalue weighted by atomic mass is 9.98. The van der Waals surface area contributed by atoms with Gasteiger partial charge in [-0.25, -0.2) is 0 Å². The number of thiophene rings is 1. The molecule has 4 heterocycles. The zero-order chi connectivity index (χ0) is 10.3. The van der Waals surface area contributed by atoms with E-state index >= 15 is 0 Å². The van der Waals surface area contributed by atoms with Crippen LogP contribution in [0, 0.1) is 0 Å². The number of hydrogen-bond donors (Lipinski definition) is 1. The maximum atomic E-state index is 10.3. The summed E-state index contributed by atoms with van der Waals surface area (Å²) in [6, 6.07) is 2.34. The van der Waals surface area contributed by atoms with Crippen LogP contribution in [0.4, 0.5) is 0 Å². The highest BCUT2D eigenvalue weighted by Gasteiger charge is 2.36. The summed E-state index contributed by atoms with van der Waals surface area (Å²) in [5, 5.41) is 14.4. The summed E-state index contributed by atoms with van der Waals surface area (Å²) >= 11 is 1.66. The molecule has 1 N–H and O–H groups in total. The molecule has 0 aromatic carbocycles. The van der Waals surface area contributed by atoms with Crippen LogP contribution in [0.5, 0.6) is 0 Å². The van der Waals surface area contributed by atoms with E-state index in [2.05, 4.69) is 15.2 Å². The summed E-state index contributed by atoms with van der Waals surface area (Å²) in [6.07, 6.45) is -0.306. The standard InChI is InChI=1S/C11H16N2OS/c14-11(9-1-6-15-8-9)10-7-12-2-4-13(10)5-3-12/h1,6,8,10-11,14H,2-5,7H2. The molecule has 0 amide bonds. The summed E-state index contributed by atoms with van der Waals surface area (Å²) in [5.74, 6) is 0. The fourth-order valence-corrected chi connectivity index (χ4v) is 3.31. The third-order valence-corrected chi connectivity index (χ3v) is 4.27. The summed E-state index contributed by atoms with van der Waals surface area (Å²) < 4.78 is 0. The van der Waals surface area contributed by atoms with Gasteiger partial charge >= 0.3 is 0 Å². The zero-order valence-electron chi connectivity index (χ0n) is 8.67. The maximum absolute atomic E-state index is 10.3. The first kappa shape index (κ1) is 9.78. The summed E-state index contributed by atoms with van der Waals surface area (Å²) in [5.41, 5.74) is 1.08. The molecule has 3 aliphatic rings. The van der Waals surface area contributed by atoms with E-state index in [1.807, 2.05) is 11.4 Å². The molecule has 15 heavy (non-hydrogen) atoms. The van der Waals surface area contributed by atoms with Gasteiger partial charge in [-0.3, -0.25) is 9.80 Å². The van der Waals surface area contributed by atoms with Crippen LogP contribution in [0.3, 0.4) is 0 Å². The molecule has 1 aromatic heterocycles. The van der Waals surface area contributed by atoms with Crippen LogP contribution in [-0.2, 0) is 0 Å². The minimum absolute atomic E-state index is 0.306. The van der Waals surface area contributed by atoms with Crippen molar-refractivity contribution in [2.75, 3.05) is 32.7 Å². The predicted octanol–water partition coefficient (Wildman–Crippen LogP) is 0.781. The van der Waals surface area contributed by atoms with Gasteiger partial charge in [-0.2, -0.15) is 11.3 Å². The second-order valence-electron chi connectivity index (χ2n) is 4.41. The number of aliphatic hydroxyl groups is 1. The fourth-order valence-electron chi connectivity index (χ4n) is 2.62. The number of hydrogen-bond acceptors (Lipinski definition) is 4. The van der Waals surface area contributed by atoms with Gasteiger partial charge in [0, 0.05) is 32.7 Å². The molecule has 0 spiro atoms. The summed E-state index contributed by atoms with van der Waals surface area (Å²) in [6.45, 7) is 5.61. The Balaban J connectivity index is 1.77. The Morgan fingerprint density at radius 1 is 1.33 bits per heavy atom. The lowest BCUT2D eigenvalue weighted by Crippen LogP contribution is -2.62. The zero-order valence-corrected chi connectivity index (χ0v) is 9.49. The van der Waals surface area contributed by atoms with E-state index in [9.17, 15) is 5.11 Å². The Bertz CT molecular complexity index is 319. The van der Waals surface area contributed by atoms with Gasteiger partial charge in [-0.05, 0) is 22.4 Å². The SMILES string of the molecule is OC(c1ccsc1)C1CN2CCN1CC2. The average Bonchev–Trinajstić information content (AvgIpc) is 2.83. The molecular weight excluding hydrogens is 208 g/mol. The van der Waals surface area contributed by atoms with Crippen molar-refractivity contribution < 1.29 is 5.11 Å². The van der Waals surface area contributed by atoms with E-state index in [4.69, 9.17) is 0 Å². The summed E-state index contributed by atoms with van der Waals surface area (Å²) in [7, 11) is 0. The van der Waals surface area contributed by atoms with Gasteiger partial charge < -0.3 is 5.11 Å². The lowest BCUT2D eigenvalue weighted by molar-refractivity contribution is -0.0469. The van der Waals surface area contributed by atoms with Crippen molar-refractivity contribution in [3.05, 3.63) is 22.4 Å². The second-order valence-corrected chi connectivity index (χ2v) is 5.19. The molecule has 3 aliphatic heterocycles. The average molecular weight is 224 g/mol. The van der Waals surface area contributed by atoms with Crippen LogP contribution in [0.25, 0.3) is 0 Å². The predicted molar refractivity (Wildman–Crippen MR) is 61.1 cm³/mol. The minimum atomic E-state index is -0.306. The summed E-state index contributed by atoms with van der Waals surface area (Å²) in [4.78, 5) is 4.89. The number of piperazine rings is 3. The van der Waals surface area contributed by atoms with Crippen LogP contribution in [0.1, 0.15) is 11.7 Å². The van der Waals surface area contributed by atoms with E-state index in [1.165, 1.54) is 13.1 Å². The molecule has 4 heteroatoms. The van der Waals surface area contributed by atoms with Gasteiger partial charge in [0.05, 0.1) is 12.1 Å². The third kappa shape index (κ3) is 1.72. The van der Waals surface area contributed by atoms with E-state index in [0.717, 1.165) is 25.2 Å². The first-order valence-corrected chi connectivity index (χ1v) is 6.45. The van der Waals surface area contributed by atoms with Gasteiger partial charge in [0.2, 0.25) is 0 Å². The number of fused-ring (bicyclic) bond motifs is 3. The molecule has 0 radical (unpaired) electrons. The van der Waals surface area contributed by atoms with E-state index in [0.29, 0.717) is 6.04 Å². The van der Waals surface area contributed by atoms with E-state index in [-0.39, 0.29) is 6.10 Å². The molecule has 2 bridgehead atoms. The highest BCUT2D eigenvalue weighted by atomic mass is 32.1. The molecule has 82 valence electrons. The van der Waals surface area contributed by atoms with Crippen molar-refractivity contribution in [1.82, 2.24) is 9.80 Å². The van der Waals surface area contributed by atoms with Gasteiger partial charge in [0.25, 0.3) is 0 Å². The van der Waals surface area contributed by atoms with Gasteiger partial charge in [-0.1, -0.05) is 0 Å². The van der Waals surface area contributed by atoms with Crippen LogP contribution in [-0.4, -0.2) is 53.7 Å². The number of rotatable bonds is 2. The first-order chi connectivity index (χ1) is 7.34. The molecule has 1 aromatic rings. The van der Waals surface area contributed by atoms with Crippen molar-refractivity contribution in [3.63, 3.8) is 0 Å². The van der Waals surface area contributed by atoms with E-state index in [1.54, 1.807) is 11.3 Å². The Morgan fingerprint density at radius 2 is 2.13 bits per heavy atom. The molecule has 0 aliphatic carbocycles. The molecular formula is C11H16N2OS. The van der Waals surface area contributed by atoms with Gasteiger partial charge in [0.15, 0.2) is 0 Å².